The van der Waals surface area contributed by atoms with Gasteiger partial charge < -0.3 is 15.6 Å². The van der Waals surface area contributed by atoms with Gasteiger partial charge in [-0.05, 0) is 13.0 Å². The minimum Gasteiger partial charge on any atom is -0.428 e. The van der Waals surface area contributed by atoms with Crippen LogP contribution in [0.5, 0.6) is 5.75 Å². The standard InChI is InChI=1S/C11H13F4NO2/c1-6(17)9(16)7-4-2-3-5-8(7)18-11(14,15)10(12)13/h2-6,9-10,17H,16H2,1H3/t6-,9+/m1/s1. The average molecular weight is 267 g/mol. The molecule has 0 radical (unpaired) electrons. The second kappa shape index (κ2) is 5.53. The van der Waals surface area contributed by atoms with E-state index in [-0.39, 0.29) is 5.56 Å². The van der Waals surface area contributed by atoms with Crippen LogP contribution in [0.1, 0.15) is 18.5 Å². The van der Waals surface area contributed by atoms with Crippen LogP contribution in [0.25, 0.3) is 0 Å². The Kier molecular flexibility index (Phi) is 4.53. The van der Waals surface area contributed by atoms with Crippen LogP contribution in [0.15, 0.2) is 24.3 Å². The molecule has 102 valence electrons. The molecule has 0 aliphatic carbocycles. The maximum Gasteiger partial charge on any atom is 0.461 e. The first-order chi connectivity index (χ1) is 8.25. The van der Waals surface area contributed by atoms with E-state index in [9.17, 15) is 22.7 Å². The molecule has 0 fully saturated rings. The van der Waals surface area contributed by atoms with E-state index >= 15 is 0 Å². The summed E-state index contributed by atoms with van der Waals surface area (Å²) in [6.07, 6.45) is -9.59. The van der Waals surface area contributed by atoms with Gasteiger partial charge in [-0.1, -0.05) is 18.2 Å². The minimum absolute atomic E-state index is 0.0350. The zero-order valence-electron chi connectivity index (χ0n) is 9.49. The second-order valence-corrected chi connectivity index (χ2v) is 3.77. The van der Waals surface area contributed by atoms with Gasteiger partial charge in [-0.3, -0.25) is 0 Å². The van der Waals surface area contributed by atoms with E-state index in [1.807, 2.05) is 0 Å². The molecule has 0 unspecified atom stereocenters. The molecule has 3 nitrogen and oxygen atoms in total. The van der Waals surface area contributed by atoms with Gasteiger partial charge in [0.1, 0.15) is 5.75 Å². The van der Waals surface area contributed by atoms with Crippen LogP contribution in [-0.4, -0.2) is 23.7 Å². The van der Waals surface area contributed by atoms with Gasteiger partial charge in [-0.25, -0.2) is 0 Å². The van der Waals surface area contributed by atoms with Crippen molar-refractivity contribution >= 4 is 0 Å². The van der Waals surface area contributed by atoms with Crippen molar-refractivity contribution < 1.29 is 27.4 Å². The number of aliphatic hydroxyl groups excluding tert-OH is 1. The smallest absolute Gasteiger partial charge is 0.428 e. The molecule has 1 aromatic rings. The highest BCUT2D eigenvalue weighted by atomic mass is 19.3. The lowest BCUT2D eigenvalue weighted by molar-refractivity contribution is -0.253. The quantitative estimate of drug-likeness (QED) is 0.805. The van der Waals surface area contributed by atoms with Crippen LogP contribution in [0.2, 0.25) is 0 Å². The molecule has 0 aromatic heterocycles. The summed E-state index contributed by atoms with van der Waals surface area (Å²) in [6, 6.07) is 4.23. The second-order valence-electron chi connectivity index (χ2n) is 3.77. The Labute approximate surface area is 101 Å². The first-order valence-corrected chi connectivity index (χ1v) is 5.13. The molecule has 3 N–H and O–H groups in total. The molecule has 2 atom stereocenters. The summed E-state index contributed by atoms with van der Waals surface area (Å²) in [5.74, 6) is -0.476. The Hall–Kier alpha value is -1.34. The van der Waals surface area contributed by atoms with Gasteiger partial charge in [0.05, 0.1) is 12.1 Å². The summed E-state index contributed by atoms with van der Waals surface area (Å²) in [5, 5.41) is 9.29. The summed E-state index contributed by atoms with van der Waals surface area (Å²) in [6.45, 7) is 1.35. The van der Waals surface area contributed by atoms with Crippen molar-refractivity contribution in [2.75, 3.05) is 0 Å². The third-order valence-electron chi connectivity index (χ3n) is 2.30. The van der Waals surface area contributed by atoms with E-state index < -0.39 is 30.4 Å². The number of para-hydroxylation sites is 1. The topological polar surface area (TPSA) is 55.5 Å². The summed E-state index contributed by atoms with van der Waals surface area (Å²) in [4.78, 5) is 0. The molecule has 0 bridgehead atoms. The number of aliphatic hydroxyl groups is 1. The molecule has 0 saturated carbocycles. The molecule has 0 spiro atoms. The maximum absolute atomic E-state index is 12.8. The highest BCUT2D eigenvalue weighted by Gasteiger charge is 2.44. The number of hydrogen-bond acceptors (Lipinski definition) is 3. The van der Waals surface area contributed by atoms with Crippen LogP contribution in [0, 0.1) is 0 Å². The van der Waals surface area contributed by atoms with Crippen molar-refractivity contribution in [1.29, 1.82) is 0 Å². The number of rotatable bonds is 5. The Bertz CT molecular complexity index is 398. The lowest BCUT2D eigenvalue weighted by Gasteiger charge is -2.22. The fraction of sp³-hybridized carbons (Fsp3) is 0.455. The minimum atomic E-state index is -4.60. The number of benzene rings is 1. The van der Waals surface area contributed by atoms with Crippen LogP contribution < -0.4 is 10.5 Å². The number of hydrogen-bond donors (Lipinski definition) is 2. The lowest BCUT2D eigenvalue weighted by atomic mass is 10.0. The van der Waals surface area contributed by atoms with Crippen molar-refractivity contribution in [2.24, 2.45) is 5.73 Å². The molecular formula is C11H13F4NO2. The van der Waals surface area contributed by atoms with Gasteiger partial charge >= 0.3 is 12.5 Å². The fourth-order valence-corrected chi connectivity index (χ4v) is 1.30. The monoisotopic (exact) mass is 267 g/mol. The third-order valence-corrected chi connectivity index (χ3v) is 2.30. The lowest BCUT2D eigenvalue weighted by Crippen LogP contribution is -2.34. The van der Waals surface area contributed by atoms with Gasteiger partial charge in [0, 0.05) is 5.56 Å². The van der Waals surface area contributed by atoms with E-state index in [2.05, 4.69) is 4.74 Å². The fourth-order valence-electron chi connectivity index (χ4n) is 1.30. The maximum atomic E-state index is 12.8. The Morgan fingerprint density at radius 2 is 1.83 bits per heavy atom. The molecule has 0 heterocycles. The van der Waals surface area contributed by atoms with Crippen LogP contribution in [-0.2, 0) is 0 Å². The number of alkyl halides is 4. The molecule has 0 aliphatic heterocycles. The molecule has 0 aliphatic rings. The van der Waals surface area contributed by atoms with Gasteiger partial charge in [-0.2, -0.15) is 17.6 Å². The van der Waals surface area contributed by atoms with Crippen molar-refractivity contribution in [3.8, 4) is 5.75 Å². The highest BCUT2D eigenvalue weighted by Crippen LogP contribution is 2.32. The van der Waals surface area contributed by atoms with E-state index in [0.717, 1.165) is 6.07 Å². The zero-order valence-corrected chi connectivity index (χ0v) is 9.49. The van der Waals surface area contributed by atoms with Crippen molar-refractivity contribution in [2.45, 2.75) is 31.6 Å². The average Bonchev–Trinajstić information content (AvgIpc) is 2.28. The highest BCUT2D eigenvalue weighted by molar-refractivity contribution is 5.36. The van der Waals surface area contributed by atoms with E-state index in [4.69, 9.17) is 5.73 Å². The summed E-state index contributed by atoms with van der Waals surface area (Å²) in [5.41, 5.74) is 5.61. The van der Waals surface area contributed by atoms with Gasteiger partial charge in [-0.15, -0.1) is 0 Å². The van der Waals surface area contributed by atoms with Crippen LogP contribution in [0.4, 0.5) is 17.6 Å². The molecule has 18 heavy (non-hydrogen) atoms. The van der Waals surface area contributed by atoms with Gasteiger partial charge in [0.25, 0.3) is 0 Å². The predicted molar refractivity (Wildman–Crippen MR) is 56.6 cm³/mol. The third kappa shape index (κ3) is 3.33. The van der Waals surface area contributed by atoms with E-state index in [1.165, 1.54) is 25.1 Å². The number of nitrogens with two attached hydrogens (primary N) is 1. The predicted octanol–water partition coefficient (Wildman–Crippen LogP) is 2.30. The van der Waals surface area contributed by atoms with Crippen LogP contribution >= 0.6 is 0 Å². The van der Waals surface area contributed by atoms with Gasteiger partial charge in [0.2, 0.25) is 0 Å². The van der Waals surface area contributed by atoms with Crippen LogP contribution in [0.3, 0.4) is 0 Å². The molecule has 7 heteroatoms. The van der Waals surface area contributed by atoms with Crippen molar-refractivity contribution in [3.63, 3.8) is 0 Å². The molecule has 1 aromatic carbocycles. The number of halogens is 4. The molecule has 0 saturated heterocycles. The van der Waals surface area contributed by atoms with E-state index in [0.29, 0.717) is 0 Å². The summed E-state index contributed by atoms with van der Waals surface area (Å²) in [7, 11) is 0. The summed E-state index contributed by atoms with van der Waals surface area (Å²) >= 11 is 0. The molecule has 1 rings (SSSR count). The Morgan fingerprint density at radius 3 is 2.33 bits per heavy atom. The Morgan fingerprint density at radius 1 is 1.28 bits per heavy atom. The number of ether oxygens (including phenoxy) is 1. The zero-order chi connectivity index (χ0) is 13.9. The van der Waals surface area contributed by atoms with E-state index in [1.54, 1.807) is 0 Å². The molecular weight excluding hydrogens is 254 g/mol. The first-order valence-electron chi connectivity index (χ1n) is 5.13. The first kappa shape index (κ1) is 14.7. The SMILES string of the molecule is C[C@@H](O)[C@H](N)c1ccccc1OC(F)(F)C(F)F. The normalized spacial score (nSPS) is 15.6. The largest absolute Gasteiger partial charge is 0.461 e. The Balaban J connectivity index is 3.03. The van der Waals surface area contributed by atoms with Crippen molar-refractivity contribution in [3.05, 3.63) is 29.8 Å². The van der Waals surface area contributed by atoms with Crippen molar-refractivity contribution in [1.82, 2.24) is 0 Å². The molecule has 0 amide bonds. The summed E-state index contributed by atoms with van der Waals surface area (Å²) < 4.78 is 53.7. The van der Waals surface area contributed by atoms with Gasteiger partial charge in [0.15, 0.2) is 0 Å².